The second-order valence-electron chi connectivity index (χ2n) is 6.44. The number of thiophene rings is 1. The third-order valence-electron chi connectivity index (χ3n) is 4.25. The molecule has 1 aromatic heterocycles. The fourth-order valence-electron chi connectivity index (χ4n) is 2.86. The zero-order valence-corrected chi connectivity index (χ0v) is 20.6. The molecule has 1 heterocycles. The first-order chi connectivity index (χ1) is 15.4. The number of hydrogen-bond acceptors (Lipinski definition) is 6. The summed E-state index contributed by atoms with van der Waals surface area (Å²) in [5.41, 5.74) is 1.80. The highest BCUT2D eigenvalue weighted by molar-refractivity contribution is 9.10. The van der Waals surface area contributed by atoms with Gasteiger partial charge in [0, 0.05) is 16.0 Å². The maximum Gasteiger partial charge on any atom is 0.341 e. The lowest BCUT2D eigenvalue weighted by Gasteiger charge is -2.11. The highest BCUT2D eigenvalue weighted by atomic mass is 79.9. The smallest absolute Gasteiger partial charge is 0.341 e. The van der Waals surface area contributed by atoms with Crippen molar-refractivity contribution in [2.45, 2.75) is 13.8 Å². The predicted octanol–water partition coefficient (Wildman–Crippen LogP) is 6.42. The van der Waals surface area contributed by atoms with Gasteiger partial charge in [0.05, 0.1) is 17.7 Å². The normalized spacial score (nSPS) is 10.5. The molecule has 1 amide bonds. The number of ether oxygens (including phenoxy) is 3. The molecule has 0 spiro atoms. The van der Waals surface area contributed by atoms with Crippen molar-refractivity contribution in [1.29, 1.82) is 0 Å². The van der Waals surface area contributed by atoms with Crippen LogP contribution in [0.1, 0.15) is 24.2 Å². The summed E-state index contributed by atoms with van der Waals surface area (Å²) in [6.45, 7) is 4.20. The molecule has 2 aromatic carbocycles. The number of amides is 1. The minimum Gasteiger partial charge on any atom is -0.494 e. The second kappa shape index (κ2) is 11.4. The Kier molecular flexibility index (Phi) is 8.55. The van der Waals surface area contributed by atoms with Crippen LogP contribution in [0.25, 0.3) is 11.1 Å². The van der Waals surface area contributed by atoms with Gasteiger partial charge in [0.25, 0.3) is 5.91 Å². The summed E-state index contributed by atoms with van der Waals surface area (Å²) in [5, 5.41) is 5.52. The van der Waals surface area contributed by atoms with Crippen LogP contribution in [-0.2, 0) is 9.53 Å². The van der Waals surface area contributed by atoms with Gasteiger partial charge in [-0.25, -0.2) is 4.79 Å². The molecule has 9 heteroatoms. The van der Waals surface area contributed by atoms with E-state index in [2.05, 4.69) is 21.2 Å². The van der Waals surface area contributed by atoms with Gasteiger partial charge in [-0.3, -0.25) is 4.79 Å². The number of anilines is 1. The van der Waals surface area contributed by atoms with Gasteiger partial charge >= 0.3 is 5.97 Å². The lowest BCUT2D eigenvalue weighted by atomic mass is 10.0. The first kappa shape index (κ1) is 24.1. The highest BCUT2D eigenvalue weighted by Gasteiger charge is 2.23. The van der Waals surface area contributed by atoms with Crippen LogP contribution in [0.4, 0.5) is 5.00 Å². The van der Waals surface area contributed by atoms with E-state index in [1.807, 2.05) is 36.6 Å². The zero-order chi connectivity index (χ0) is 23.1. The standard InChI is InChI=1S/C23H21BrClNO5S/c1-3-29-16-8-5-14(6-9-16)17-13-32-22(21(17)23(28)30-4-2)26-20(27)12-31-19-10-7-15(25)11-18(19)24/h5-11,13H,3-4,12H2,1-2H3,(H,26,27). The molecular weight excluding hydrogens is 518 g/mol. The Morgan fingerprint density at radius 2 is 1.81 bits per heavy atom. The van der Waals surface area contributed by atoms with Crippen molar-refractivity contribution in [3.8, 4) is 22.6 Å². The van der Waals surface area contributed by atoms with Crippen LogP contribution in [0.3, 0.4) is 0 Å². The van der Waals surface area contributed by atoms with E-state index in [4.69, 9.17) is 25.8 Å². The first-order valence-electron chi connectivity index (χ1n) is 9.82. The molecule has 0 unspecified atom stereocenters. The fraction of sp³-hybridized carbons (Fsp3) is 0.217. The summed E-state index contributed by atoms with van der Waals surface area (Å²) < 4.78 is 16.9. The van der Waals surface area contributed by atoms with E-state index >= 15 is 0 Å². The predicted molar refractivity (Wildman–Crippen MR) is 130 cm³/mol. The number of nitrogens with one attached hydrogen (secondary N) is 1. The van der Waals surface area contributed by atoms with Crippen molar-refractivity contribution in [3.05, 3.63) is 62.9 Å². The minimum absolute atomic E-state index is 0.221. The molecule has 3 aromatic rings. The van der Waals surface area contributed by atoms with E-state index < -0.39 is 11.9 Å². The Morgan fingerprint density at radius 3 is 2.47 bits per heavy atom. The summed E-state index contributed by atoms with van der Waals surface area (Å²) in [4.78, 5) is 25.2. The number of benzene rings is 2. The van der Waals surface area contributed by atoms with Gasteiger partial charge in [-0.1, -0.05) is 23.7 Å². The molecule has 0 atom stereocenters. The Bertz CT molecular complexity index is 1100. The van der Waals surface area contributed by atoms with Crippen LogP contribution in [-0.4, -0.2) is 31.7 Å². The van der Waals surface area contributed by atoms with Crippen molar-refractivity contribution >= 4 is 55.7 Å². The SMILES string of the molecule is CCOC(=O)c1c(-c2ccc(OCC)cc2)csc1NC(=O)COc1ccc(Cl)cc1Br. The first-order valence-corrected chi connectivity index (χ1v) is 11.9. The third kappa shape index (κ3) is 6.03. The zero-order valence-electron chi connectivity index (χ0n) is 17.4. The third-order valence-corrected chi connectivity index (χ3v) is 6.00. The minimum atomic E-state index is -0.505. The molecule has 0 aliphatic carbocycles. The monoisotopic (exact) mass is 537 g/mol. The average molecular weight is 539 g/mol. The largest absolute Gasteiger partial charge is 0.494 e. The van der Waals surface area contributed by atoms with Gasteiger partial charge in [0.15, 0.2) is 6.61 Å². The molecule has 0 aliphatic heterocycles. The molecule has 32 heavy (non-hydrogen) atoms. The molecule has 0 radical (unpaired) electrons. The number of rotatable bonds is 9. The molecule has 0 fully saturated rings. The van der Waals surface area contributed by atoms with Gasteiger partial charge in [-0.05, 0) is 65.7 Å². The Labute approximate surface area is 203 Å². The quantitative estimate of drug-likeness (QED) is 0.318. The molecule has 0 saturated carbocycles. The number of halogens is 2. The van der Waals surface area contributed by atoms with E-state index in [0.29, 0.717) is 38.0 Å². The van der Waals surface area contributed by atoms with Crippen molar-refractivity contribution in [1.82, 2.24) is 0 Å². The van der Waals surface area contributed by atoms with Crippen LogP contribution < -0.4 is 14.8 Å². The van der Waals surface area contributed by atoms with Gasteiger partial charge in [-0.15, -0.1) is 11.3 Å². The summed E-state index contributed by atoms with van der Waals surface area (Å²) in [6, 6.07) is 12.4. The Morgan fingerprint density at radius 1 is 1.06 bits per heavy atom. The van der Waals surface area contributed by atoms with E-state index in [-0.39, 0.29) is 13.2 Å². The van der Waals surface area contributed by atoms with Gasteiger partial charge in [-0.2, -0.15) is 0 Å². The number of esters is 1. The van der Waals surface area contributed by atoms with E-state index in [0.717, 1.165) is 11.3 Å². The van der Waals surface area contributed by atoms with E-state index in [1.54, 1.807) is 25.1 Å². The lowest BCUT2D eigenvalue weighted by molar-refractivity contribution is -0.118. The van der Waals surface area contributed by atoms with Crippen molar-refractivity contribution in [2.24, 2.45) is 0 Å². The van der Waals surface area contributed by atoms with Crippen LogP contribution in [0, 0.1) is 0 Å². The molecule has 0 bridgehead atoms. The van der Waals surface area contributed by atoms with Gasteiger partial charge in [0.1, 0.15) is 22.1 Å². The van der Waals surface area contributed by atoms with Crippen molar-refractivity contribution in [3.63, 3.8) is 0 Å². The summed E-state index contributed by atoms with van der Waals surface area (Å²) in [7, 11) is 0. The average Bonchev–Trinajstić information content (AvgIpc) is 3.17. The van der Waals surface area contributed by atoms with E-state index in [9.17, 15) is 9.59 Å². The van der Waals surface area contributed by atoms with Crippen molar-refractivity contribution in [2.75, 3.05) is 25.1 Å². The topological polar surface area (TPSA) is 73.9 Å². The molecule has 6 nitrogen and oxygen atoms in total. The van der Waals surface area contributed by atoms with Crippen LogP contribution >= 0.6 is 38.9 Å². The molecule has 0 aliphatic rings. The maximum absolute atomic E-state index is 12.7. The fourth-order valence-corrected chi connectivity index (χ4v) is 4.63. The summed E-state index contributed by atoms with van der Waals surface area (Å²) in [6.07, 6.45) is 0. The molecule has 0 saturated heterocycles. The molecule has 1 N–H and O–H groups in total. The van der Waals surface area contributed by atoms with Gasteiger partial charge < -0.3 is 19.5 Å². The Hall–Kier alpha value is -2.55. The second-order valence-corrected chi connectivity index (χ2v) is 8.61. The lowest BCUT2D eigenvalue weighted by Crippen LogP contribution is -2.21. The number of carbonyl (C=O) groups is 2. The van der Waals surface area contributed by atoms with Crippen molar-refractivity contribution < 1.29 is 23.8 Å². The number of hydrogen-bond donors (Lipinski definition) is 1. The molecule has 3 rings (SSSR count). The highest BCUT2D eigenvalue weighted by Crippen LogP contribution is 2.37. The van der Waals surface area contributed by atoms with Crippen LogP contribution in [0.5, 0.6) is 11.5 Å². The molecule has 168 valence electrons. The Balaban J connectivity index is 1.79. The summed E-state index contributed by atoms with van der Waals surface area (Å²) in [5.74, 6) is 0.311. The van der Waals surface area contributed by atoms with E-state index in [1.165, 1.54) is 11.3 Å². The van der Waals surface area contributed by atoms with Crippen LogP contribution in [0.2, 0.25) is 5.02 Å². The van der Waals surface area contributed by atoms with Gasteiger partial charge in [0.2, 0.25) is 0 Å². The summed E-state index contributed by atoms with van der Waals surface area (Å²) >= 11 is 10.5. The maximum atomic E-state index is 12.7. The number of carbonyl (C=O) groups excluding carboxylic acids is 2. The van der Waals surface area contributed by atoms with Crippen LogP contribution in [0.15, 0.2) is 52.3 Å². The molecular formula is C23H21BrClNO5S.